The van der Waals surface area contributed by atoms with Crippen LogP contribution in [0, 0.1) is 6.92 Å². The Kier molecular flexibility index (Phi) is 5.95. The maximum Gasteiger partial charge on any atom is 0.335 e. The maximum atomic E-state index is 10.6. The van der Waals surface area contributed by atoms with Gasteiger partial charge in [0.15, 0.2) is 0 Å². The van der Waals surface area contributed by atoms with E-state index in [1.165, 1.54) is 25.1 Å². The molecule has 0 saturated carbocycles. The smallest absolute Gasteiger partial charge is 0.335 e. The molecule has 0 saturated heterocycles. The molecule has 110 valence electrons. The Hall–Kier alpha value is -2.82. The van der Waals surface area contributed by atoms with Crippen molar-refractivity contribution in [1.82, 2.24) is 0 Å². The van der Waals surface area contributed by atoms with Gasteiger partial charge in [0, 0.05) is 12.7 Å². The molecule has 0 aliphatic rings. The molecule has 0 aliphatic heterocycles. The number of para-hydroxylation sites is 1. The number of carboxylic acids is 2. The molecule has 0 heterocycles. The highest BCUT2D eigenvalue weighted by Crippen LogP contribution is 2.13. The van der Waals surface area contributed by atoms with Gasteiger partial charge in [-0.3, -0.25) is 0 Å². The molecule has 0 radical (unpaired) electrons. The van der Waals surface area contributed by atoms with Gasteiger partial charge in [0.05, 0.1) is 11.1 Å². The highest BCUT2D eigenvalue weighted by molar-refractivity contribution is 5.96. The molecule has 0 fully saturated rings. The number of anilines is 1. The first-order chi connectivity index (χ1) is 9.97. The van der Waals surface area contributed by atoms with E-state index in [4.69, 9.17) is 10.2 Å². The van der Waals surface area contributed by atoms with Crippen molar-refractivity contribution in [2.75, 3.05) is 12.4 Å². The zero-order valence-electron chi connectivity index (χ0n) is 11.8. The van der Waals surface area contributed by atoms with Crippen molar-refractivity contribution in [3.05, 3.63) is 65.2 Å². The average Bonchev–Trinajstić information content (AvgIpc) is 2.48. The number of aromatic carboxylic acids is 2. The number of rotatable bonds is 3. The summed E-state index contributed by atoms with van der Waals surface area (Å²) in [6.07, 6.45) is 0. The van der Waals surface area contributed by atoms with Crippen molar-refractivity contribution >= 4 is 17.6 Å². The summed E-state index contributed by atoms with van der Waals surface area (Å²) in [5.74, 6) is -2.22. The topological polar surface area (TPSA) is 86.6 Å². The van der Waals surface area contributed by atoms with E-state index in [0.29, 0.717) is 0 Å². The molecule has 21 heavy (non-hydrogen) atoms. The second kappa shape index (κ2) is 7.69. The largest absolute Gasteiger partial charge is 0.478 e. The minimum Gasteiger partial charge on any atom is -0.478 e. The van der Waals surface area contributed by atoms with E-state index in [0.717, 1.165) is 5.69 Å². The van der Waals surface area contributed by atoms with Crippen LogP contribution in [0.5, 0.6) is 0 Å². The molecule has 0 amide bonds. The van der Waals surface area contributed by atoms with Crippen molar-refractivity contribution in [2.45, 2.75) is 6.92 Å². The molecule has 0 unspecified atom stereocenters. The molecule has 0 bridgehead atoms. The van der Waals surface area contributed by atoms with E-state index in [1.807, 2.05) is 37.4 Å². The fourth-order valence-electron chi connectivity index (χ4n) is 1.70. The lowest BCUT2D eigenvalue weighted by molar-refractivity contribution is 0.0696. The first-order valence-corrected chi connectivity index (χ1v) is 6.26. The van der Waals surface area contributed by atoms with Crippen molar-refractivity contribution in [2.24, 2.45) is 0 Å². The summed E-state index contributed by atoms with van der Waals surface area (Å²) in [5.41, 5.74) is 1.50. The summed E-state index contributed by atoms with van der Waals surface area (Å²) in [7, 11) is 1.91. The number of carboxylic acid groups (broad SMARTS) is 2. The average molecular weight is 287 g/mol. The van der Waals surface area contributed by atoms with Gasteiger partial charge in [-0.05, 0) is 36.8 Å². The van der Waals surface area contributed by atoms with Crippen LogP contribution in [0.15, 0.2) is 48.5 Å². The Bertz CT molecular complexity index is 591. The van der Waals surface area contributed by atoms with Crippen molar-refractivity contribution < 1.29 is 19.8 Å². The highest BCUT2D eigenvalue weighted by atomic mass is 16.4. The second-order valence-electron chi connectivity index (χ2n) is 4.20. The SMILES string of the molecule is CNc1ccccc1.Cc1c(C(=O)O)cccc1C(=O)O. The molecule has 0 aromatic heterocycles. The molecule has 5 heteroatoms. The van der Waals surface area contributed by atoms with Gasteiger partial charge in [-0.2, -0.15) is 0 Å². The molecule has 2 rings (SSSR count). The van der Waals surface area contributed by atoms with Gasteiger partial charge in [0.2, 0.25) is 0 Å². The molecule has 2 aromatic rings. The van der Waals surface area contributed by atoms with Crippen molar-refractivity contribution in [1.29, 1.82) is 0 Å². The van der Waals surface area contributed by atoms with Crippen LogP contribution in [0.3, 0.4) is 0 Å². The maximum absolute atomic E-state index is 10.6. The quantitative estimate of drug-likeness (QED) is 0.807. The minimum absolute atomic E-state index is 0.0277. The normalized spacial score (nSPS) is 9.24. The van der Waals surface area contributed by atoms with Crippen LogP contribution in [0.1, 0.15) is 26.3 Å². The summed E-state index contributed by atoms with van der Waals surface area (Å²) in [6, 6.07) is 14.2. The van der Waals surface area contributed by atoms with Crippen LogP contribution in [0.2, 0.25) is 0 Å². The molecule has 0 spiro atoms. The third-order valence-electron chi connectivity index (χ3n) is 2.86. The summed E-state index contributed by atoms with van der Waals surface area (Å²) in [6.45, 7) is 1.48. The fraction of sp³-hybridized carbons (Fsp3) is 0.125. The van der Waals surface area contributed by atoms with E-state index in [1.54, 1.807) is 0 Å². The number of nitrogens with one attached hydrogen (secondary N) is 1. The van der Waals surface area contributed by atoms with E-state index in [-0.39, 0.29) is 16.7 Å². The van der Waals surface area contributed by atoms with E-state index >= 15 is 0 Å². The number of hydrogen-bond donors (Lipinski definition) is 3. The second-order valence-corrected chi connectivity index (χ2v) is 4.20. The Morgan fingerprint density at radius 2 is 1.33 bits per heavy atom. The predicted octanol–water partition coefficient (Wildman–Crippen LogP) is 3.12. The Morgan fingerprint density at radius 3 is 1.67 bits per heavy atom. The van der Waals surface area contributed by atoms with E-state index in [9.17, 15) is 9.59 Å². The summed E-state index contributed by atoms with van der Waals surface area (Å²) < 4.78 is 0. The van der Waals surface area contributed by atoms with Gasteiger partial charge in [0.25, 0.3) is 0 Å². The summed E-state index contributed by atoms with van der Waals surface area (Å²) in [4.78, 5) is 21.2. The molecule has 0 aliphatic carbocycles. The van der Waals surface area contributed by atoms with Crippen molar-refractivity contribution in [3.63, 3.8) is 0 Å². The lowest BCUT2D eigenvalue weighted by atomic mass is 10.0. The first-order valence-electron chi connectivity index (χ1n) is 6.26. The zero-order valence-corrected chi connectivity index (χ0v) is 11.8. The van der Waals surface area contributed by atoms with Gasteiger partial charge in [-0.25, -0.2) is 9.59 Å². The van der Waals surface area contributed by atoms with Gasteiger partial charge >= 0.3 is 11.9 Å². The number of hydrogen-bond acceptors (Lipinski definition) is 3. The third kappa shape index (κ3) is 4.65. The Morgan fingerprint density at radius 1 is 0.857 bits per heavy atom. The van der Waals surface area contributed by atoms with Gasteiger partial charge in [-0.15, -0.1) is 0 Å². The lowest BCUT2D eigenvalue weighted by Gasteiger charge is -2.03. The monoisotopic (exact) mass is 287 g/mol. The van der Waals surface area contributed by atoms with Crippen molar-refractivity contribution in [3.8, 4) is 0 Å². The van der Waals surface area contributed by atoms with Crippen LogP contribution in [0.4, 0.5) is 5.69 Å². The van der Waals surface area contributed by atoms with E-state index in [2.05, 4.69) is 5.32 Å². The number of benzene rings is 2. The Balaban J connectivity index is 0.000000235. The van der Waals surface area contributed by atoms with Gasteiger partial charge < -0.3 is 15.5 Å². The van der Waals surface area contributed by atoms with Gasteiger partial charge in [0.1, 0.15) is 0 Å². The third-order valence-corrected chi connectivity index (χ3v) is 2.86. The molecule has 0 atom stereocenters. The number of carbonyl (C=O) groups is 2. The molecular weight excluding hydrogens is 270 g/mol. The van der Waals surface area contributed by atoms with Crippen LogP contribution < -0.4 is 5.32 Å². The van der Waals surface area contributed by atoms with Crippen LogP contribution in [-0.2, 0) is 0 Å². The zero-order chi connectivity index (χ0) is 15.8. The van der Waals surface area contributed by atoms with Gasteiger partial charge in [-0.1, -0.05) is 24.3 Å². The fourth-order valence-corrected chi connectivity index (χ4v) is 1.70. The molecule has 2 aromatic carbocycles. The lowest BCUT2D eigenvalue weighted by Crippen LogP contribution is -2.06. The summed E-state index contributed by atoms with van der Waals surface area (Å²) in [5, 5.41) is 20.4. The first kappa shape index (κ1) is 16.2. The minimum atomic E-state index is -1.11. The highest BCUT2D eigenvalue weighted by Gasteiger charge is 2.13. The molecule has 5 nitrogen and oxygen atoms in total. The van der Waals surface area contributed by atoms with Crippen LogP contribution in [-0.4, -0.2) is 29.2 Å². The standard InChI is InChI=1S/C9H8O4.C7H9N/c1-5-6(8(10)11)3-2-4-7(5)9(12)13;1-8-7-5-3-2-4-6-7/h2-4H,1H3,(H,10,11)(H,12,13);2-6,8H,1H3. The van der Waals surface area contributed by atoms with Crippen LogP contribution in [0.25, 0.3) is 0 Å². The molecular formula is C16H17NO4. The van der Waals surface area contributed by atoms with Crippen LogP contribution >= 0.6 is 0 Å². The summed E-state index contributed by atoms with van der Waals surface area (Å²) >= 11 is 0. The molecule has 3 N–H and O–H groups in total. The van der Waals surface area contributed by atoms with E-state index < -0.39 is 11.9 Å². The predicted molar refractivity (Wildman–Crippen MR) is 81.1 cm³/mol. The Labute approximate surface area is 122 Å².